The van der Waals surface area contributed by atoms with Gasteiger partial charge in [0, 0.05) is 16.9 Å². The Morgan fingerprint density at radius 2 is 1.74 bits per heavy atom. The van der Waals surface area contributed by atoms with Gasteiger partial charge in [-0.15, -0.1) is 11.8 Å². The van der Waals surface area contributed by atoms with Crippen LogP contribution in [0.3, 0.4) is 0 Å². The molecule has 19 heavy (non-hydrogen) atoms. The molecule has 0 bridgehead atoms. The van der Waals surface area contributed by atoms with E-state index >= 15 is 0 Å². The number of rotatable bonds is 10. The zero-order valence-electron chi connectivity index (χ0n) is 12.3. The fourth-order valence-corrected chi connectivity index (χ4v) is 2.64. The molecule has 0 unspecified atom stereocenters. The second-order valence-corrected chi connectivity index (χ2v) is 5.91. The highest BCUT2D eigenvalue weighted by atomic mass is 32.2. The van der Waals surface area contributed by atoms with Crippen molar-refractivity contribution in [3.8, 4) is 0 Å². The predicted molar refractivity (Wildman–Crippen MR) is 85.2 cm³/mol. The maximum atomic E-state index is 12.0. The monoisotopic (exact) mass is 278 g/mol. The van der Waals surface area contributed by atoms with E-state index in [0.29, 0.717) is 12.2 Å². The number of unbranched alkanes of at least 4 members (excludes halogenated alkanes) is 6. The first-order chi connectivity index (χ1) is 9.27. The minimum atomic E-state index is 0.296. The third-order valence-corrected chi connectivity index (χ3v) is 4.12. The Hall–Kier alpha value is -0.760. The summed E-state index contributed by atoms with van der Waals surface area (Å²) in [5.41, 5.74) is 0.873. The van der Waals surface area contributed by atoms with Crippen LogP contribution >= 0.6 is 11.8 Å². The molecule has 0 amide bonds. The molecule has 0 saturated carbocycles. The van der Waals surface area contributed by atoms with Crippen LogP contribution < -0.4 is 0 Å². The molecule has 0 N–H and O–H groups in total. The Bertz CT molecular complexity index is 373. The standard InChI is InChI=1S/C17H26OS/c1-3-4-5-6-7-8-9-13-17(18)15-11-10-12-16(14-15)19-2/h10-12,14H,3-9,13H2,1-2H3. The van der Waals surface area contributed by atoms with E-state index in [0.717, 1.165) is 12.0 Å². The second kappa shape index (κ2) is 10.1. The maximum Gasteiger partial charge on any atom is 0.162 e. The third-order valence-electron chi connectivity index (χ3n) is 3.40. The molecule has 0 saturated heterocycles. The van der Waals surface area contributed by atoms with Gasteiger partial charge in [-0.05, 0) is 24.8 Å². The van der Waals surface area contributed by atoms with Crippen molar-refractivity contribution >= 4 is 17.5 Å². The second-order valence-electron chi connectivity index (χ2n) is 5.03. The van der Waals surface area contributed by atoms with Gasteiger partial charge in [0.1, 0.15) is 0 Å². The molecule has 1 aromatic carbocycles. The van der Waals surface area contributed by atoms with Gasteiger partial charge in [-0.1, -0.05) is 57.6 Å². The Labute approximate surface area is 122 Å². The molecule has 0 aliphatic carbocycles. The van der Waals surface area contributed by atoms with Gasteiger partial charge in [-0.3, -0.25) is 4.79 Å². The van der Waals surface area contributed by atoms with Crippen LogP contribution in [0.15, 0.2) is 29.2 Å². The molecule has 1 rings (SSSR count). The molecule has 0 atom stereocenters. The van der Waals surface area contributed by atoms with Crippen molar-refractivity contribution in [3.63, 3.8) is 0 Å². The topological polar surface area (TPSA) is 17.1 Å². The van der Waals surface area contributed by atoms with Crippen LogP contribution in [0.25, 0.3) is 0 Å². The number of Topliss-reactive ketones (excluding diaryl/α,β-unsaturated/α-hetero) is 1. The first kappa shape index (κ1) is 16.3. The molecular formula is C17H26OS. The van der Waals surface area contributed by atoms with Crippen LogP contribution in [0.5, 0.6) is 0 Å². The van der Waals surface area contributed by atoms with Gasteiger partial charge in [-0.25, -0.2) is 0 Å². The van der Waals surface area contributed by atoms with Gasteiger partial charge < -0.3 is 0 Å². The lowest BCUT2D eigenvalue weighted by molar-refractivity contribution is 0.0979. The molecule has 0 fully saturated rings. The maximum absolute atomic E-state index is 12.0. The number of carbonyl (C=O) groups is 1. The Kier molecular flexibility index (Phi) is 8.64. The van der Waals surface area contributed by atoms with Crippen LogP contribution in [-0.2, 0) is 0 Å². The SMILES string of the molecule is CCCCCCCCCC(=O)c1cccc(SC)c1. The van der Waals surface area contributed by atoms with E-state index in [1.165, 1.54) is 43.4 Å². The number of hydrogen-bond donors (Lipinski definition) is 0. The van der Waals surface area contributed by atoms with Crippen LogP contribution in [-0.4, -0.2) is 12.0 Å². The van der Waals surface area contributed by atoms with Gasteiger partial charge in [-0.2, -0.15) is 0 Å². The third kappa shape index (κ3) is 6.81. The largest absolute Gasteiger partial charge is 0.294 e. The van der Waals surface area contributed by atoms with Crippen LogP contribution in [0.2, 0.25) is 0 Å². The smallest absolute Gasteiger partial charge is 0.162 e. The molecule has 2 heteroatoms. The molecule has 0 aliphatic heterocycles. The average Bonchev–Trinajstić information content (AvgIpc) is 2.46. The fourth-order valence-electron chi connectivity index (χ4n) is 2.18. The molecule has 0 aromatic heterocycles. The number of benzene rings is 1. The van der Waals surface area contributed by atoms with Crippen molar-refractivity contribution in [2.45, 2.75) is 63.2 Å². The predicted octanol–water partition coefficient (Wildman–Crippen LogP) is 5.73. The van der Waals surface area contributed by atoms with Crippen LogP contribution in [0.1, 0.15) is 68.6 Å². The van der Waals surface area contributed by atoms with Crippen molar-refractivity contribution in [2.24, 2.45) is 0 Å². The summed E-state index contributed by atoms with van der Waals surface area (Å²) < 4.78 is 0. The lowest BCUT2D eigenvalue weighted by atomic mass is 10.0. The van der Waals surface area contributed by atoms with Gasteiger partial charge in [0.15, 0.2) is 5.78 Å². The summed E-state index contributed by atoms with van der Waals surface area (Å²) in [5.74, 6) is 0.296. The highest BCUT2D eigenvalue weighted by Crippen LogP contribution is 2.18. The zero-order valence-corrected chi connectivity index (χ0v) is 13.1. The van der Waals surface area contributed by atoms with Crippen molar-refractivity contribution in [1.82, 2.24) is 0 Å². The molecule has 106 valence electrons. The quantitative estimate of drug-likeness (QED) is 0.309. The van der Waals surface area contributed by atoms with E-state index in [2.05, 4.69) is 13.0 Å². The van der Waals surface area contributed by atoms with Crippen molar-refractivity contribution in [1.29, 1.82) is 0 Å². The van der Waals surface area contributed by atoms with E-state index < -0.39 is 0 Å². The van der Waals surface area contributed by atoms with Gasteiger partial charge in [0.2, 0.25) is 0 Å². The molecule has 0 heterocycles. The van der Waals surface area contributed by atoms with Crippen LogP contribution in [0.4, 0.5) is 0 Å². The normalized spacial score (nSPS) is 10.6. The summed E-state index contributed by atoms with van der Waals surface area (Å²) in [5, 5.41) is 0. The van der Waals surface area contributed by atoms with Crippen molar-refractivity contribution in [3.05, 3.63) is 29.8 Å². The van der Waals surface area contributed by atoms with Gasteiger partial charge in [0.25, 0.3) is 0 Å². The molecule has 0 radical (unpaired) electrons. The summed E-state index contributed by atoms with van der Waals surface area (Å²) in [6.45, 7) is 2.24. The summed E-state index contributed by atoms with van der Waals surface area (Å²) in [7, 11) is 0. The van der Waals surface area contributed by atoms with E-state index in [9.17, 15) is 4.79 Å². The van der Waals surface area contributed by atoms with Gasteiger partial charge >= 0.3 is 0 Å². The van der Waals surface area contributed by atoms with E-state index in [1.54, 1.807) is 11.8 Å². The van der Waals surface area contributed by atoms with E-state index in [1.807, 2.05) is 24.5 Å². The average molecular weight is 278 g/mol. The summed E-state index contributed by atoms with van der Waals surface area (Å²) in [6, 6.07) is 7.97. The zero-order chi connectivity index (χ0) is 13.9. The molecule has 0 aliphatic rings. The number of ketones is 1. The first-order valence-electron chi connectivity index (χ1n) is 7.45. The number of carbonyl (C=O) groups excluding carboxylic acids is 1. The highest BCUT2D eigenvalue weighted by Gasteiger charge is 2.05. The number of hydrogen-bond acceptors (Lipinski definition) is 2. The Morgan fingerprint density at radius 3 is 2.42 bits per heavy atom. The van der Waals surface area contributed by atoms with Crippen LogP contribution in [0, 0.1) is 0 Å². The lowest BCUT2D eigenvalue weighted by Gasteiger charge is -2.03. The lowest BCUT2D eigenvalue weighted by Crippen LogP contribution is -1.98. The molecular weight excluding hydrogens is 252 g/mol. The van der Waals surface area contributed by atoms with Gasteiger partial charge in [0.05, 0.1) is 0 Å². The minimum Gasteiger partial charge on any atom is -0.294 e. The van der Waals surface area contributed by atoms with E-state index in [-0.39, 0.29) is 0 Å². The first-order valence-corrected chi connectivity index (χ1v) is 8.67. The summed E-state index contributed by atoms with van der Waals surface area (Å²) in [4.78, 5) is 13.2. The number of thioether (sulfide) groups is 1. The van der Waals surface area contributed by atoms with E-state index in [4.69, 9.17) is 0 Å². The van der Waals surface area contributed by atoms with Crippen molar-refractivity contribution in [2.75, 3.05) is 6.26 Å². The molecule has 1 nitrogen and oxygen atoms in total. The Balaban J connectivity index is 2.20. The molecule has 1 aromatic rings. The van der Waals surface area contributed by atoms with Crippen molar-refractivity contribution < 1.29 is 4.79 Å². The summed E-state index contributed by atoms with van der Waals surface area (Å²) in [6.07, 6.45) is 11.6. The molecule has 0 spiro atoms. The fraction of sp³-hybridized carbons (Fsp3) is 0.588. The highest BCUT2D eigenvalue weighted by molar-refractivity contribution is 7.98. The summed E-state index contributed by atoms with van der Waals surface area (Å²) >= 11 is 1.69. The minimum absolute atomic E-state index is 0.296. The Morgan fingerprint density at radius 1 is 1.05 bits per heavy atom.